The van der Waals surface area contributed by atoms with Crippen LogP contribution in [0.5, 0.6) is 0 Å². The number of nitrogens with zero attached hydrogens (tertiary/aromatic N) is 3. The summed E-state index contributed by atoms with van der Waals surface area (Å²) in [6, 6.07) is 4.43. The molecule has 0 saturated carbocycles. The van der Waals surface area contributed by atoms with Gasteiger partial charge >= 0.3 is 0 Å². The Bertz CT molecular complexity index is 1010. The van der Waals surface area contributed by atoms with E-state index in [-0.39, 0.29) is 24.1 Å². The quantitative estimate of drug-likeness (QED) is 0.549. The van der Waals surface area contributed by atoms with Crippen molar-refractivity contribution in [2.24, 2.45) is 0 Å². The maximum Gasteiger partial charge on any atom is 0.270 e. The summed E-state index contributed by atoms with van der Waals surface area (Å²) < 4.78 is 5.57. The smallest absolute Gasteiger partial charge is 0.270 e. The van der Waals surface area contributed by atoms with Gasteiger partial charge < -0.3 is 14.6 Å². The molecule has 3 aromatic rings. The Balaban J connectivity index is 1.60. The third kappa shape index (κ3) is 3.43. The number of nitro groups is 1. The fourth-order valence-corrected chi connectivity index (χ4v) is 4.22. The number of aromatic amines is 1. The van der Waals surface area contributed by atoms with Gasteiger partial charge in [-0.2, -0.15) is 0 Å². The maximum absolute atomic E-state index is 13.0. The fourth-order valence-electron chi connectivity index (χ4n) is 3.32. The van der Waals surface area contributed by atoms with Gasteiger partial charge in [0, 0.05) is 46.9 Å². The largest absolute Gasteiger partial charge is 0.377 e. The van der Waals surface area contributed by atoms with E-state index < -0.39 is 4.92 Å². The van der Waals surface area contributed by atoms with Crippen molar-refractivity contribution in [3.8, 4) is 0 Å². The van der Waals surface area contributed by atoms with E-state index in [1.807, 2.05) is 12.3 Å². The molecule has 1 N–H and O–H groups in total. The van der Waals surface area contributed by atoms with Crippen LogP contribution in [-0.2, 0) is 16.0 Å². The predicted octanol–water partition coefficient (Wildman–Crippen LogP) is 2.98. The molecule has 27 heavy (non-hydrogen) atoms. The minimum Gasteiger partial charge on any atom is -0.377 e. The first-order valence-corrected chi connectivity index (χ1v) is 9.44. The highest BCUT2D eigenvalue weighted by Gasteiger charge is 2.31. The number of ether oxygens (including phenoxy) is 1. The van der Waals surface area contributed by atoms with Gasteiger partial charge in [-0.3, -0.25) is 14.9 Å². The minimum atomic E-state index is -0.430. The molecule has 0 bridgehead atoms. The summed E-state index contributed by atoms with van der Waals surface area (Å²) in [6.45, 7) is 3.35. The van der Waals surface area contributed by atoms with Crippen LogP contribution < -0.4 is 0 Å². The average Bonchev–Trinajstić information content (AvgIpc) is 3.27. The maximum atomic E-state index is 13.0. The molecule has 1 saturated heterocycles. The number of hydrogen-bond acceptors (Lipinski definition) is 6. The molecule has 4 rings (SSSR count). The summed E-state index contributed by atoms with van der Waals surface area (Å²) in [5, 5.41) is 14.6. The standard InChI is InChI=1S/C18H18N4O4S/c1-11-10-27-18(20-11)16-9-26-5-4-21(16)17(23)6-12-8-19-15-3-2-13(22(24)25)7-14(12)15/h2-3,7-8,10,16,19H,4-6,9H2,1H3. The minimum absolute atomic E-state index is 0.0123. The van der Waals surface area contributed by atoms with Gasteiger partial charge in [0.1, 0.15) is 11.0 Å². The molecule has 1 atom stereocenters. The van der Waals surface area contributed by atoms with Gasteiger partial charge in [0.05, 0.1) is 24.6 Å². The summed E-state index contributed by atoms with van der Waals surface area (Å²) in [4.78, 5) is 33.0. The van der Waals surface area contributed by atoms with E-state index in [0.29, 0.717) is 25.1 Å². The molecule has 0 spiro atoms. The molecule has 8 nitrogen and oxygen atoms in total. The van der Waals surface area contributed by atoms with Crippen LogP contribution in [0.2, 0.25) is 0 Å². The fraction of sp³-hybridized carbons (Fsp3) is 0.333. The molecule has 2 aromatic heterocycles. The summed E-state index contributed by atoms with van der Waals surface area (Å²) in [6.07, 6.45) is 1.91. The number of rotatable bonds is 4. The second-order valence-electron chi connectivity index (χ2n) is 6.48. The molecule has 3 heterocycles. The number of morpholine rings is 1. The van der Waals surface area contributed by atoms with Crippen LogP contribution in [0.25, 0.3) is 10.9 Å². The predicted molar refractivity (Wildman–Crippen MR) is 101 cm³/mol. The van der Waals surface area contributed by atoms with Crippen molar-refractivity contribution in [2.45, 2.75) is 19.4 Å². The van der Waals surface area contributed by atoms with Crippen molar-refractivity contribution in [1.29, 1.82) is 0 Å². The van der Waals surface area contributed by atoms with Gasteiger partial charge in [0.2, 0.25) is 5.91 Å². The molecule has 9 heteroatoms. The zero-order chi connectivity index (χ0) is 19.0. The van der Waals surface area contributed by atoms with Gasteiger partial charge in [0.25, 0.3) is 5.69 Å². The van der Waals surface area contributed by atoms with Crippen molar-refractivity contribution >= 4 is 33.8 Å². The Morgan fingerprint density at radius 2 is 2.37 bits per heavy atom. The second kappa shape index (κ2) is 7.09. The monoisotopic (exact) mass is 386 g/mol. The number of fused-ring (bicyclic) bond motifs is 1. The van der Waals surface area contributed by atoms with Gasteiger partial charge in [-0.15, -0.1) is 11.3 Å². The number of hydrogen-bond donors (Lipinski definition) is 1. The van der Waals surface area contributed by atoms with Gasteiger partial charge in [-0.25, -0.2) is 4.98 Å². The van der Waals surface area contributed by atoms with Gasteiger partial charge in [-0.1, -0.05) is 0 Å². The van der Waals surface area contributed by atoms with Crippen molar-refractivity contribution in [3.63, 3.8) is 0 Å². The summed E-state index contributed by atoms with van der Waals surface area (Å²) >= 11 is 1.53. The van der Waals surface area contributed by atoms with Gasteiger partial charge in [0.15, 0.2) is 0 Å². The van der Waals surface area contributed by atoms with Crippen LogP contribution in [0.1, 0.15) is 22.3 Å². The number of nitrogens with one attached hydrogen (secondary N) is 1. The van der Waals surface area contributed by atoms with Crippen LogP contribution in [0.15, 0.2) is 29.8 Å². The lowest BCUT2D eigenvalue weighted by atomic mass is 10.1. The summed E-state index contributed by atoms with van der Waals surface area (Å²) in [5.41, 5.74) is 2.46. The lowest BCUT2D eigenvalue weighted by molar-refractivity contribution is -0.384. The number of non-ortho nitro benzene ring substituents is 1. The first-order valence-electron chi connectivity index (χ1n) is 8.56. The number of aryl methyl sites for hydroxylation is 1. The number of H-pyrrole nitrogens is 1. The van der Waals surface area contributed by atoms with E-state index in [4.69, 9.17) is 4.74 Å². The molecule has 1 unspecified atom stereocenters. The molecule has 1 aliphatic heterocycles. The molecule has 0 radical (unpaired) electrons. The third-order valence-corrected chi connectivity index (χ3v) is 5.74. The lowest BCUT2D eigenvalue weighted by Gasteiger charge is -2.34. The normalized spacial score (nSPS) is 17.4. The zero-order valence-electron chi connectivity index (χ0n) is 14.7. The highest BCUT2D eigenvalue weighted by molar-refractivity contribution is 7.09. The van der Waals surface area contributed by atoms with Crippen molar-refractivity contribution in [2.75, 3.05) is 19.8 Å². The van der Waals surface area contributed by atoms with Crippen LogP contribution in [0, 0.1) is 17.0 Å². The molecule has 1 amide bonds. The number of benzene rings is 1. The molecule has 1 aromatic carbocycles. The van der Waals surface area contributed by atoms with E-state index in [1.54, 1.807) is 17.2 Å². The Hall–Kier alpha value is -2.78. The van der Waals surface area contributed by atoms with Crippen LogP contribution >= 0.6 is 11.3 Å². The van der Waals surface area contributed by atoms with E-state index >= 15 is 0 Å². The van der Waals surface area contributed by atoms with Crippen molar-refractivity contribution < 1.29 is 14.5 Å². The Morgan fingerprint density at radius 3 is 3.11 bits per heavy atom. The lowest BCUT2D eigenvalue weighted by Crippen LogP contribution is -2.44. The Morgan fingerprint density at radius 1 is 1.52 bits per heavy atom. The zero-order valence-corrected chi connectivity index (χ0v) is 15.5. The molecule has 0 aliphatic carbocycles. The number of nitro benzene ring substituents is 1. The molecular weight excluding hydrogens is 368 g/mol. The highest BCUT2D eigenvalue weighted by atomic mass is 32.1. The Kier molecular flexibility index (Phi) is 4.63. The molecule has 140 valence electrons. The Labute approximate surface area is 158 Å². The first-order chi connectivity index (χ1) is 13.0. The summed E-state index contributed by atoms with van der Waals surface area (Å²) in [7, 11) is 0. The first kappa shape index (κ1) is 17.6. The van der Waals surface area contributed by atoms with Crippen LogP contribution in [0.4, 0.5) is 5.69 Å². The van der Waals surface area contributed by atoms with Crippen LogP contribution in [0.3, 0.4) is 0 Å². The van der Waals surface area contributed by atoms with Gasteiger partial charge in [-0.05, 0) is 18.6 Å². The SMILES string of the molecule is Cc1csc(C2COCCN2C(=O)Cc2c[nH]c3ccc([N+](=O)[O-])cc23)n1. The topological polar surface area (TPSA) is 101 Å². The van der Waals surface area contributed by atoms with E-state index in [2.05, 4.69) is 9.97 Å². The summed E-state index contributed by atoms with van der Waals surface area (Å²) in [5.74, 6) is -0.0384. The van der Waals surface area contributed by atoms with Crippen molar-refractivity contribution in [1.82, 2.24) is 14.9 Å². The van der Waals surface area contributed by atoms with Crippen molar-refractivity contribution in [3.05, 3.63) is 56.2 Å². The molecule has 1 aliphatic rings. The number of carbonyl (C=O) groups excluding carboxylic acids is 1. The number of carbonyl (C=O) groups is 1. The average molecular weight is 386 g/mol. The van der Waals surface area contributed by atoms with E-state index in [0.717, 1.165) is 21.8 Å². The highest BCUT2D eigenvalue weighted by Crippen LogP contribution is 2.29. The molecular formula is C18H18N4O4S. The molecule has 1 fully saturated rings. The number of thiazole rings is 1. The number of amides is 1. The second-order valence-corrected chi connectivity index (χ2v) is 7.37. The van der Waals surface area contributed by atoms with E-state index in [1.165, 1.54) is 23.5 Å². The van der Waals surface area contributed by atoms with E-state index in [9.17, 15) is 14.9 Å². The van der Waals surface area contributed by atoms with Crippen LogP contribution in [-0.4, -0.2) is 45.5 Å². The third-order valence-electron chi connectivity index (χ3n) is 4.67. The number of aromatic nitrogens is 2.